The summed E-state index contributed by atoms with van der Waals surface area (Å²) in [6.45, 7) is 2.33. The Bertz CT molecular complexity index is 1410. The maximum absolute atomic E-state index is 13.0. The summed E-state index contributed by atoms with van der Waals surface area (Å²) in [6, 6.07) is 11.4. The first-order valence-electron chi connectivity index (χ1n) is 10.8. The molecule has 8 nitrogen and oxygen atoms in total. The fourth-order valence-corrected chi connectivity index (χ4v) is 7.24. The average Bonchev–Trinajstić information content (AvgIpc) is 3.14. The summed E-state index contributed by atoms with van der Waals surface area (Å²) in [5.74, 6) is -0.988. The highest BCUT2D eigenvalue weighted by Crippen LogP contribution is 2.26. The molecule has 0 bridgehead atoms. The number of fused-ring (bicyclic) bond motifs is 1. The largest absolute Gasteiger partial charge is 0.468 e. The molecule has 1 aliphatic rings. The quantitative estimate of drug-likeness (QED) is 0.436. The zero-order valence-corrected chi connectivity index (χ0v) is 22.0. The van der Waals surface area contributed by atoms with Crippen molar-refractivity contribution in [2.24, 2.45) is 4.99 Å². The van der Waals surface area contributed by atoms with E-state index in [0.717, 1.165) is 34.0 Å². The van der Waals surface area contributed by atoms with E-state index in [1.165, 1.54) is 47.0 Å². The molecular formula is C23H24BrN3O5S2. The van der Waals surface area contributed by atoms with Gasteiger partial charge in [-0.05, 0) is 62.2 Å². The van der Waals surface area contributed by atoms with Crippen molar-refractivity contribution in [1.29, 1.82) is 0 Å². The van der Waals surface area contributed by atoms with Crippen molar-refractivity contribution in [2.75, 3.05) is 13.7 Å². The third-order valence-electron chi connectivity index (χ3n) is 5.81. The van der Waals surface area contributed by atoms with Gasteiger partial charge in [-0.25, -0.2) is 8.42 Å². The Labute approximate surface area is 210 Å². The first kappa shape index (κ1) is 24.8. The molecule has 1 aromatic heterocycles. The van der Waals surface area contributed by atoms with E-state index in [1.54, 1.807) is 4.57 Å². The van der Waals surface area contributed by atoms with Gasteiger partial charge in [0.15, 0.2) is 4.80 Å². The van der Waals surface area contributed by atoms with Gasteiger partial charge >= 0.3 is 5.97 Å². The highest BCUT2D eigenvalue weighted by molar-refractivity contribution is 9.10. The van der Waals surface area contributed by atoms with E-state index < -0.39 is 21.9 Å². The van der Waals surface area contributed by atoms with Crippen LogP contribution >= 0.6 is 27.3 Å². The average molecular weight is 566 g/mol. The summed E-state index contributed by atoms with van der Waals surface area (Å²) in [6.07, 6.45) is 2.70. The number of piperidine rings is 1. The van der Waals surface area contributed by atoms with Gasteiger partial charge in [0.05, 0.1) is 22.2 Å². The van der Waals surface area contributed by atoms with E-state index in [1.807, 2.05) is 25.1 Å². The zero-order chi connectivity index (χ0) is 24.5. The molecule has 1 aliphatic heterocycles. The SMILES string of the molecule is COC(=O)Cn1c(=NC(=O)c2ccc(S(=O)(=O)N3CCCCC3C)cc2)sc2cc(Br)ccc21. The molecule has 1 fully saturated rings. The lowest BCUT2D eigenvalue weighted by molar-refractivity contribution is -0.141. The van der Waals surface area contributed by atoms with Gasteiger partial charge in [0.25, 0.3) is 5.91 Å². The maximum Gasteiger partial charge on any atom is 0.325 e. The van der Waals surface area contributed by atoms with Crippen molar-refractivity contribution >= 4 is 59.4 Å². The predicted molar refractivity (Wildman–Crippen MR) is 133 cm³/mol. The topological polar surface area (TPSA) is 98.0 Å². The van der Waals surface area contributed by atoms with Gasteiger partial charge in [-0.15, -0.1) is 0 Å². The van der Waals surface area contributed by atoms with Crippen LogP contribution in [-0.2, 0) is 26.1 Å². The highest BCUT2D eigenvalue weighted by Gasteiger charge is 2.30. The molecule has 0 aliphatic carbocycles. The minimum absolute atomic E-state index is 0.0479. The lowest BCUT2D eigenvalue weighted by Crippen LogP contribution is -2.41. The summed E-state index contributed by atoms with van der Waals surface area (Å²) in [7, 11) is -2.32. The second-order valence-electron chi connectivity index (χ2n) is 8.06. The van der Waals surface area contributed by atoms with Gasteiger partial charge in [0.1, 0.15) is 6.54 Å². The minimum atomic E-state index is -3.62. The molecule has 0 N–H and O–H groups in total. The highest BCUT2D eigenvalue weighted by atomic mass is 79.9. The molecule has 34 heavy (non-hydrogen) atoms. The smallest absolute Gasteiger partial charge is 0.325 e. The first-order chi connectivity index (χ1) is 16.2. The van der Waals surface area contributed by atoms with Crippen molar-refractivity contribution < 1.29 is 22.7 Å². The van der Waals surface area contributed by atoms with Gasteiger partial charge in [0.2, 0.25) is 10.0 Å². The van der Waals surface area contributed by atoms with E-state index in [-0.39, 0.29) is 23.0 Å². The molecule has 1 atom stereocenters. The van der Waals surface area contributed by atoms with Crippen LogP contribution in [0, 0.1) is 0 Å². The van der Waals surface area contributed by atoms with Crippen LogP contribution in [-0.4, -0.2) is 48.9 Å². The number of sulfonamides is 1. The second-order valence-corrected chi connectivity index (χ2v) is 11.9. The number of rotatable bonds is 5. The molecule has 11 heteroatoms. The first-order valence-corrected chi connectivity index (χ1v) is 13.8. The Balaban J connectivity index is 1.67. The molecule has 180 valence electrons. The van der Waals surface area contributed by atoms with Crippen molar-refractivity contribution in [3.63, 3.8) is 0 Å². The number of hydrogen-bond acceptors (Lipinski definition) is 6. The van der Waals surface area contributed by atoms with Gasteiger partial charge in [-0.3, -0.25) is 9.59 Å². The third kappa shape index (κ3) is 5.02. The number of benzene rings is 2. The minimum Gasteiger partial charge on any atom is -0.468 e. The normalized spacial score (nSPS) is 17.7. The van der Waals surface area contributed by atoms with E-state index in [0.29, 0.717) is 11.3 Å². The summed E-state index contributed by atoms with van der Waals surface area (Å²) in [5, 5.41) is 0. The summed E-state index contributed by atoms with van der Waals surface area (Å²) >= 11 is 4.70. The number of carbonyl (C=O) groups is 2. The third-order valence-corrected chi connectivity index (χ3v) is 9.37. The molecule has 1 unspecified atom stereocenters. The van der Waals surface area contributed by atoms with Gasteiger partial charge in [-0.1, -0.05) is 33.7 Å². The van der Waals surface area contributed by atoms with Crippen molar-refractivity contribution in [3.8, 4) is 0 Å². The lowest BCUT2D eigenvalue weighted by atomic mass is 10.1. The van der Waals surface area contributed by atoms with Crippen molar-refractivity contribution in [3.05, 3.63) is 57.3 Å². The van der Waals surface area contributed by atoms with Crippen LogP contribution < -0.4 is 4.80 Å². The molecule has 1 saturated heterocycles. The number of aromatic nitrogens is 1. The van der Waals surface area contributed by atoms with E-state index in [9.17, 15) is 18.0 Å². The van der Waals surface area contributed by atoms with E-state index >= 15 is 0 Å². The summed E-state index contributed by atoms with van der Waals surface area (Å²) < 4.78 is 35.7. The molecule has 0 radical (unpaired) electrons. The predicted octanol–water partition coefficient (Wildman–Crippen LogP) is 3.94. The van der Waals surface area contributed by atoms with Crippen molar-refractivity contribution in [1.82, 2.24) is 8.87 Å². The number of nitrogens with zero attached hydrogens (tertiary/aromatic N) is 3. The van der Waals surface area contributed by atoms with Crippen LogP contribution in [0.15, 0.2) is 56.8 Å². The zero-order valence-electron chi connectivity index (χ0n) is 18.7. The Morgan fingerprint density at radius 2 is 1.91 bits per heavy atom. The van der Waals surface area contributed by atoms with Gasteiger partial charge in [0, 0.05) is 22.6 Å². The van der Waals surface area contributed by atoms with Crippen LogP contribution in [0.2, 0.25) is 0 Å². The number of hydrogen-bond donors (Lipinski definition) is 0. The molecule has 3 aromatic rings. The summed E-state index contributed by atoms with van der Waals surface area (Å²) in [4.78, 5) is 29.6. The molecule has 0 spiro atoms. The van der Waals surface area contributed by atoms with E-state index in [2.05, 4.69) is 20.9 Å². The number of esters is 1. The maximum atomic E-state index is 13.0. The van der Waals surface area contributed by atoms with Crippen LogP contribution in [0.5, 0.6) is 0 Å². The Morgan fingerprint density at radius 3 is 2.59 bits per heavy atom. The van der Waals surface area contributed by atoms with Crippen molar-refractivity contribution in [2.45, 2.75) is 43.7 Å². The number of halogens is 1. The molecule has 2 heterocycles. The number of ether oxygens (including phenoxy) is 1. The fraction of sp³-hybridized carbons (Fsp3) is 0.348. The number of thiazole rings is 1. The molecule has 4 rings (SSSR count). The van der Waals surface area contributed by atoms with Crippen LogP contribution in [0.25, 0.3) is 10.2 Å². The fourth-order valence-electron chi connectivity index (χ4n) is 3.96. The monoisotopic (exact) mass is 565 g/mol. The van der Waals surface area contributed by atoms with Crippen LogP contribution in [0.4, 0.5) is 0 Å². The lowest BCUT2D eigenvalue weighted by Gasteiger charge is -2.32. The Hall–Kier alpha value is -2.34. The number of amides is 1. The number of methoxy groups -OCH3 is 1. The summed E-state index contributed by atoms with van der Waals surface area (Å²) in [5.41, 5.74) is 1.01. The molecular weight excluding hydrogens is 542 g/mol. The molecule has 2 aromatic carbocycles. The number of carbonyl (C=O) groups excluding carboxylic acids is 2. The Kier molecular flexibility index (Phi) is 7.36. The Morgan fingerprint density at radius 1 is 1.18 bits per heavy atom. The second kappa shape index (κ2) is 10.1. The van der Waals surface area contributed by atoms with Gasteiger partial charge < -0.3 is 9.30 Å². The molecule has 0 saturated carbocycles. The van der Waals surface area contributed by atoms with E-state index in [4.69, 9.17) is 4.74 Å². The van der Waals surface area contributed by atoms with Gasteiger partial charge in [-0.2, -0.15) is 9.30 Å². The van der Waals surface area contributed by atoms with Crippen LogP contribution in [0.3, 0.4) is 0 Å². The van der Waals surface area contributed by atoms with Crippen LogP contribution in [0.1, 0.15) is 36.5 Å². The standard InChI is InChI=1S/C23H24BrN3O5S2/c1-15-5-3-4-12-27(15)34(30,31)18-9-6-16(7-10-18)22(29)25-23-26(14-21(28)32-2)19-11-8-17(24)13-20(19)33-23/h6-11,13,15H,3-5,12,14H2,1-2H3. The molecule has 1 amide bonds.